The van der Waals surface area contributed by atoms with E-state index < -0.39 is 17.5 Å². The van der Waals surface area contributed by atoms with E-state index >= 15 is 0 Å². The van der Waals surface area contributed by atoms with E-state index in [-0.39, 0.29) is 17.4 Å². The Labute approximate surface area is 218 Å². The minimum Gasteiger partial charge on any atom is -0.322 e. The first-order valence-electron chi connectivity index (χ1n) is 12.2. The van der Waals surface area contributed by atoms with Crippen molar-refractivity contribution in [3.05, 3.63) is 90.0 Å². The summed E-state index contributed by atoms with van der Waals surface area (Å²) in [6.07, 6.45) is 6.30. The minimum atomic E-state index is -3.08. The van der Waals surface area contributed by atoms with Crippen LogP contribution in [0.4, 0.5) is 20.3 Å². The lowest BCUT2D eigenvalue weighted by Crippen LogP contribution is -2.14. The molecule has 0 unspecified atom stereocenters. The van der Waals surface area contributed by atoms with E-state index in [0.717, 1.165) is 54.3 Å². The van der Waals surface area contributed by atoms with Crippen LogP contribution in [-0.4, -0.2) is 26.8 Å². The van der Waals surface area contributed by atoms with E-state index in [1.54, 1.807) is 24.5 Å². The molecule has 4 aromatic rings. The number of aromatic nitrogens is 3. The Morgan fingerprint density at radius 3 is 2.37 bits per heavy atom. The maximum absolute atomic E-state index is 13.4. The van der Waals surface area contributed by atoms with Gasteiger partial charge in [-0.3, -0.25) is 19.6 Å². The fourth-order valence-electron chi connectivity index (χ4n) is 3.99. The molecule has 1 aliphatic rings. The predicted molar refractivity (Wildman–Crippen MR) is 141 cm³/mol. The molecule has 1 aromatic carbocycles. The number of hydrogen-bond donors (Lipinski definition) is 2. The number of halogens is 2. The molecule has 0 radical (unpaired) electrons. The molecule has 9 heteroatoms. The Morgan fingerprint density at radius 2 is 1.66 bits per heavy atom. The monoisotopic (exact) mass is 513 g/mol. The number of nitrogens with one attached hydrogen (secondary N) is 2. The molecule has 0 saturated heterocycles. The van der Waals surface area contributed by atoms with Crippen molar-refractivity contribution in [2.45, 2.75) is 32.6 Å². The van der Waals surface area contributed by atoms with Crippen LogP contribution in [0.1, 0.15) is 41.4 Å². The van der Waals surface area contributed by atoms with Crippen LogP contribution in [0.15, 0.2) is 73.2 Å². The molecular formula is C29H25F2N5O2. The van der Waals surface area contributed by atoms with Gasteiger partial charge in [0.1, 0.15) is 11.5 Å². The zero-order valence-corrected chi connectivity index (χ0v) is 20.8. The van der Waals surface area contributed by atoms with Gasteiger partial charge >= 0.3 is 0 Å². The summed E-state index contributed by atoms with van der Waals surface area (Å²) in [7, 11) is 0. The number of carbonyl (C=O) groups is 2. The molecule has 1 aliphatic carbocycles. The van der Waals surface area contributed by atoms with Crippen LogP contribution in [0, 0.1) is 12.8 Å². The second kappa shape index (κ2) is 10.1. The van der Waals surface area contributed by atoms with Gasteiger partial charge in [-0.05, 0) is 85.0 Å². The van der Waals surface area contributed by atoms with Crippen molar-refractivity contribution in [3.63, 3.8) is 0 Å². The van der Waals surface area contributed by atoms with Crippen LogP contribution in [0.25, 0.3) is 22.4 Å². The van der Waals surface area contributed by atoms with E-state index in [1.165, 1.54) is 6.07 Å². The van der Waals surface area contributed by atoms with Gasteiger partial charge in [-0.1, -0.05) is 6.07 Å². The molecule has 2 amide bonds. The smallest absolute Gasteiger partial charge is 0.286 e. The molecule has 38 heavy (non-hydrogen) atoms. The van der Waals surface area contributed by atoms with Gasteiger partial charge in [0.2, 0.25) is 5.91 Å². The quantitative estimate of drug-likeness (QED) is 0.306. The molecule has 3 aromatic heterocycles. The number of alkyl halides is 2. The van der Waals surface area contributed by atoms with Gasteiger partial charge < -0.3 is 10.6 Å². The number of carbonyl (C=O) groups excluding carboxylic acids is 2. The van der Waals surface area contributed by atoms with E-state index in [0.29, 0.717) is 17.2 Å². The zero-order valence-electron chi connectivity index (χ0n) is 20.8. The Hall–Kier alpha value is -4.53. The first-order chi connectivity index (χ1) is 18.2. The summed E-state index contributed by atoms with van der Waals surface area (Å²) >= 11 is 0. The lowest BCUT2D eigenvalue weighted by molar-refractivity contribution is -0.117. The number of hydrogen-bond acceptors (Lipinski definition) is 5. The van der Waals surface area contributed by atoms with Crippen LogP contribution in [0.2, 0.25) is 0 Å². The van der Waals surface area contributed by atoms with Gasteiger partial charge in [0.15, 0.2) is 0 Å². The van der Waals surface area contributed by atoms with Gasteiger partial charge in [-0.25, -0.2) is 4.98 Å². The van der Waals surface area contributed by atoms with Crippen LogP contribution in [-0.2, 0) is 10.7 Å². The third-order valence-electron chi connectivity index (χ3n) is 6.30. The highest BCUT2D eigenvalue weighted by Crippen LogP contribution is 2.32. The third-order valence-corrected chi connectivity index (χ3v) is 6.30. The lowest BCUT2D eigenvalue weighted by Gasteiger charge is -2.13. The first-order valence-corrected chi connectivity index (χ1v) is 12.2. The average molecular weight is 514 g/mol. The molecular weight excluding hydrogens is 488 g/mol. The highest BCUT2D eigenvalue weighted by molar-refractivity contribution is 6.04. The molecule has 0 spiro atoms. The van der Waals surface area contributed by atoms with Gasteiger partial charge in [-0.15, -0.1) is 0 Å². The second-order valence-electron chi connectivity index (χ2n) is 9.43. The normalized spacial score (nSPS) is 13.2. The van der Waals surface area contributed by atoms with Crippen molar-refractivity contribution < 1.29 is 18.4 Å². The summed E-state index contributed by atoms with van der Waals surface area (Å²) < 4.78 is 26.9. The maximum atomic E-state index is 13.4. The van der Waals surface area contributed by atoms with Crippen molar-refractivity contribution in [1.29, 1.82) is 0 Å². The molecule has 0 bridgehead atoms. The topological polar surface area (TPSA) is 96.9 Å². The molecule has 5 rings (SSSR count). The molecule has 0 atom stereocenters. The van der Waals surface area contributed by atoms with E-state index in [4.69, 9.17) is 0 Å². The summed E-state index contributed by atoms with van der Waals surface area (Å²) in [6.45, 7) is 2.72. The van der Waals surface area contributed by atoms with Crippen molar-refractivity contribution in [2.24, 2.45) is 5.92 Å². The molecule has 2 N–H and O–H groups in total. The van der Waals surface area contributed by atoms with Crippen molar-refractivity contribution >= 4 is 23.3 Å². The van der Waals surface area contributed by atoms with E-state index in [2.05, 4.69) is 25.6 Å². The number of benzene rings is 1. The molecule has 192 valence electrons. The minimum absolute atomic E-state index is 0.0131. The highest BCUT2D eigenvalue weighted by Gasteiger charge is 2.30. The van der Waals surface area contributed by atoms with Crippen LogP contribution in [0.5, 0.6) is 0 Å². The molecule has 1 fully saturated rings. The first kappa shape index (κ1) is 25.1. The Kier molecular flexibility index (Phi) is 6.67. The number of pyridine rings is 3. The molecule has 7 nitrogen and oxygen atoms in total. The second-order valence-corrected chi connectivity index (χ2v) is 9.43. The summed E-state index contributed by atoms with van der Waals surface area (Å²) in [6, 6.07) is 15.4. The van der Waals surface area contributed by atoms with Gasteiger partial charge in [0, 0.05) is 42.7 Å². The summed E-state index contributed by atoms with van der Waals surface area (Å²) in [5.41, 5.74) is 4.61. The van der Waals surface area contributed by atoms with Crippen LogP contribution >= 0.6 is 0 Å². The van der Waals surface area contributed by atoms with Gasteiger partial charge in [0.25, 0.3) is 11.8 Å². The SMILES string of the molecule is Cc1ccc(NC(=O)c2ccc(C(C)(F)F)nc2)cc1-c1ccnc(-c2ccnc(NC(=O)C3CC3)c2)c1. The van der Waals surface area contributed by atoms with E-state index in [9.17, 15) is 18.4 Å². The van der Waals surface area contributed by atoms with Gasteiger partial charge in [-0.2, -0.15) is 8.78 Å². The lowest BCUT2D eigenvalue weighted by atomic mass is 9.99. The number of nitrogens with zero attached hydrogens (tertiary/aromatic N) is 3. The Balaban J connectivity index is 1.36. The predicted octanol–water partition coefficient (Wildman–Crippen LogP) is 6.23. The average Bonchev–Trinajstić information content (AvgIpc) is 3.75. The number of amides is 2. The zero-order chi connectivity index (χ0) is 26.9. The number of aryl methyl sites for hydroxylation is 1. The summed E-state index contributed by atoms with van der Waals surface area (Å²) in [4.78, 5) is 37.3. The van der Waals surface area contributed by atoms with Crippen molar-refractivity contribution in [2.75, 3.05) is 10.6 Å². The van der Waals surface area contributed by atoms with Crippen LogP contribution in [0.3, 0.4) is 0 Å². The fourth-order valence-corrected chi connectivity index (χ4v) is 3.99. The molecule has 1 saturated carbocycles. The van der Waals surface area contributed by atoms with E-state index in [1.807, 2.05) is 37.3 Å². The van der Waals surface area contributed by atoms with Gasteiger partial charge in [0.05, 0.1) is 11.3 Å². The number of anilines is 2. The van der Waals surface area contributed by atoms with Crippen molar-refractivity contribution in [3.8, 4) is 22.4 Å². The van der Waals surface area contributed by atoms with Crippen LogP contribution < -0.4 is 10.6 Å². The summed E-state index contributed by atoms with van der Waals surface area (Å²) in [5, 5.41) is 5.67. The third kappa shape index (κ3) is 5.72. The van der Waals surface area contributed by atoms with Crippen molar-refractivity contribution in [1.82, 2.24) is 15.0 Å². The Bertz CT molecular complexity index is 1510. The highest BCUT2D eigenvalue weighted by atomic mass is 19.3. The summed E-state index contributed by atoms with van der Waals surface area (Å²) in [5.74, 6) is -2.98. The largest absolute Gasteiger partial charge is 0.322 e. The maximum Gasteiger partial charge on any atom is 0.286 e. The molecule has 0 aliphatic heterocycles. The Morgan fingerprint density at radius 1 is 0.895 bits per heavy atom. The standard InChI is InChI=1S/C29H25F2N5O2/c1-17-3-7-22(35-28(38)21-6-8-25(34-16-21)29(2,30)31)15-23(17)19-9-11-32-24(13-19)20-10-12-33-26(14-20)36-27(37)18-4-5-18/h3,6-16,18H,4-5H2,1-2H3,(H,35,38)(H,33,36,37). The number of rotatable bonds is 7. The fraction of sp³-hybridized carbons (Fsp3) is 0.207. The molecule has 3 heterocycles.